The molecule has 22 heavy (non-hydrogen) atoms. The fraction of sp³-hybridized carbons (Fsp3) is 0.188. The molecule has 0 atom stereocenters. The van der Waals surface area contributed by atoms with E-state index in [4.69, 9.17) is 0 Å². The highest BCUT2D eigenvalue weighted by atomic mass is 32.2. The summed E-state index contributed by atoms with van der Waals surface area (Å²) in [5.74, 6) is 0.00916. The monoisotopic (exact) mass is 332 g/mol. The standard InChI is InChI=1S/C16H16N2O2S2/c1-18(22(19,20)12-13-7-3-2-4-8-13)11-16-17-14-9-5-6-10-15(14)21-16/h2-10H,11-12H2,1H3. The van der Waals surface area contributed by atoms with Gasteiger partial charge >= 0.3 is 0 Å². The first-order chi connectivity index (χ1) is 10.5. The van der Waals surface area contributed by atoms with Gasteiger partial charge in [-0.05, 0) is 17.7 Å². The number of para-hydroxylation sites is 1. The van der Waals surface area contributed by atoms with Gasteiger partial charge in [0.15, 0.2) is 0 Å². The van der Waals surface area contributed by atoms with E-state index in [1.54, 1.807) is 7.05 Å². The molecule has 3 aromatic rings. The summed E-state index contributed by atoms with van der Waals surface area (Å²) in [4.78, 5) is 4.49. The van der Waals surface area contributed by atoms with Crippen molar-refractivity contribution in [1.82, 2.24) is 9.29 Å². The van der Waals surface area contributed by atoms with Crippen LogP contribution in [0.25, 0.3) is 10.2 Å². The molecule has 0 N–H and O–H groups in total. The number of rotatable bonds is 5. The number of sulfonamides is 1. The van der Waals surface area contributed by atoms with E-state index in [0.29, 0.717) is 6.54 Å². The zero-order chi connectivity index (χ0) is 15.6. The van der Waals surface area contributed by atoms with Crippen LogP contribution in [0.2, 0.25) is 0 Å². The van der Waals surface area contributed by atoms with Crippen molar-refractivity contribution in [2.24, 2.45) is 0 Å². The predicted octanol–water partition coefficient (Wildman–Crippen LogP) is 3.26. The Bertz CT molecular complexity index is 840. The number of nitrogens with zero attached hydrogens (tertiary/aromatic N) is 2. The maximum atomic E-state index is 12.4. The molecular weight excluding hydrogens is 316 g/mol. The van der Waals surface area contributed by atoms with Crippen molar-refractivity contribution >= 4 is 31.6 Å². The van der Waals surface area contributed by atoms with Gasteiger partial charge < -0.3 is 0 Å². The molecule has 0 bridgehead atoms. The van der Waals surface area contributed by atoms with E-state index in [1.165, 1.54) is 15.6 Å². The third-order valence-corrected chi connectivity index (χ3v) is 6.16. The van der Waals surface area contributed by atoms with Crippen LogP contribution in [0.5, 0.6) is 0 Å². The number of aromatic nitrogens is 1. The van der Waals surface area contributed by atoms with Crippen LogP contribution < -0.4 is 0 Å². The topological polar surface area (TPSA) is 50.3 Å². The minimum atomic E-state index is -3.35. The maximum Gasteiger partial charge on any atom is 0.218 e. The molecule has 3 rings (SSSR count). The van der Waals surface area contributed by atoms with Crippen molar-refractivity contribution in [3.05, 3.63) is 65.2 Å². The summed E-state index contributed by atoms with van der Waals surface area (Å²) in [5, 5.41) is 0.806. The van der Waals surface area contributed by atoms with Crippen molar-refractivity contribution in [2.75, 3.05) is 7.05 Å². The fourth-order valence-electron chi connectivity index (χ4n) is 2.17. The van der Waals surface area contributed by atoms with Gasteiger partial charge in [-0.25, -0.2) is 13.4 Å². The molecule has 0 spiro atoms. The van der Waals surface area contributed by atoms with Crippen LogP contribution in [-0.4, -0.2) is 24.8 Å². The Hall–Kier alpha value is -1.76. The number of fused-ring (bicyclic) bond motifs is 1. The van der Waals surface area contributed by atoms with E-state index in [-0.39, 0.29) is 5.75 Å². The average Bonchev–Trinajstić information content (AvgIpc) is 2.90. The first-order valence-electron chi connectivity index (χ1n) is 6.87. The number of hydrogen-bond acceptors (Lipinski definition) is 4. The first kappa shape index (κ1) is 15.1. The van der Waals surface area contributed by atoms with Gasteiger partial charge in [-0.3, -0.25) is 0 Å². The zero-order valence-corrected chi connectivity index (χ0v) is 13.8. The number of hydrogen-bond donors (Lipinski definition) is 0. The normalized spacial score (nSPS) is 12.1. The van der Waals surface area contributed by atoms with Crippen LogP contribution in [-0.2, 0) is 22.3 Å². The summed E-state index contributed by atoms with van der Waals surface area (Å²) in [7, 11) is -1.75. The Morgan fingerprint density at radius 1 is 1.05 bits per heavy atom. The Kier molecular flexibility index (Phi) is 4.24. The molecule has 0 saturated carbocycles. The summed E-state index contributed by atoms with van der Waals surface area (Å²) in [6.07, 6.45) is 0. The second kappa shape index (κ2) is 6.16. The summed E-state index contributed by atoms with van der Waals surface area (Å²) in [6.45, 7) is 0.300. The molecule has 0 radical (unpaired) electrons. The zero-order valence-electron chi connectivity index (χ0n) is 12.1. The van der Waals surface area contributed by atoms with Crippen molar-refractivity contribution in [3.8, 4) is 0 Å². The maximum absolute atomic E-state index is 12.4. The molecule has 0 unspecified atom stereocenters. The first-order valence-corrected chi connectivity index (χ1v) is 9.29. The Morgan fingerprint density at radius 3 is 2.45 bits per heavy atom. The molecule has 1 heterocycles. The lowest BCUT2D eigenvalue weighted by Crippen LogP contribution is -2.27. The lowest BCUT2D eigenvalue weighted by Gasteiger charge is -2.15. The molecule has 0 amide bonds. The van der Waals surface area contributed by atoms with Crippen LogP contribution in [0.3, 0.4) is 0 Å². The van der Waals surface area contributed by atoms with E-state index in [1.807, 2.05) is 54.6 Å². The van der Waals surface area contributed by atoms with Gasteiger partial charge in [0.2, 0.25) is 10.0 Å². The third-order valence-electron chi connectivity index (χ3n) is 3.36. The van der Waals surface area contributed by atoms with E-state index >= 15 is 0 Å². The quantitative estimate of drug-likeness (QED) is 0.720. The minimum absolute atomic E-state index is 0.00916. The second-order valence-electron chi connectivity index (χ2n) is 5.07. The van der Waals surface area contributed by atoms with Crippen LogP contribution >= 0.6 is 11.3 Å². The van der Waals surface area contributed by atoms with Gasteiger partial charge in [-0.15, -0.1) is 11.3 Å². The van der Waals surface area contributed by atoms with Crippen molar-refractivity contribution in [2.45, 2.75) is 12.3 Å². The average molecular weight is 332 g/mol. The molecule has 0 fully saturated rings. The van der Waals surface area contributed by atoms with Crippen molar-refractivity contribution in [3.63, 3.8) is 0 Å². The smallest absolute Gasteiger partial charge is 0.218 e. The van der Waals surface area contributed by atoms with E-state index in [2.05, 4.69) is 4.98 Å². The molecule has 2 aromatic carbocycles. The van der Waals surface area contributed by atoms with Gasteiger partial charge in [0.05, 0.1) is 22.5 Å². The summed E-state index contributed by atoms with van der Waals surface area (Å²) < 4.78 is 27.3. The lowest BCUT2D eigenvalue weighted by atomic mass is 10.2. The van der Waals surface area contributed by atoms with Gasteiger partial charge in [0.25, 0.3) is 0 Å². The highest BCUT2D eigenvalue weighted by Crippen LogP contribution is 2.23. The molecule has 0 saturated heterocycles. The third kappa shape index (κ3) is 3.35. The van der Waals surface area contributed by atoms with Crippen LogP contribution in [0.1, 0.15) is 10.6 Å². The molecule has 0 aliphatic heterocycles. The Balaban J connectivity index is 1.76. The summed E-state index contributed by atoms with van der Waals surface area (Å²) in [6, 6.07) is 17.0. The Morgan fingerprint density at radius 2 is 1.73 bits per heavy atom. The molecule has 0 aliphatic rings. The van der Waals surface area contributed by atoms with Gasteiger partial charge in [0, 0.05) is 7.05 Å². The molecule has 1 aromatic heterocycles. The lowest BCUT2D eigenvalue weighted by molar-refractivity contribution is 0.465. The molecule has 6 heteroatoms. The molecule has 114 valence electrons. The van der Waals surface area contributed by atoms with Crippen LogP contribution in [0, 0.1) is 0 Å². The minimum Gasteiger partial charge on any atom is -0.240 e. The fourth-order valence-corrected chi connectivity index (χ4v) is 4.43. The van der Waals surface area contributed by atoms with E-state index in [0.717, 1.165) is 20.8 Å². The SMILES string of the molecule is CN(Cc1nc2ccccc2s1)S(=O)(=O)Cc1ccccc1. The molecular formula is C16H16N2O2S2. The summed E-state index contributed by atoms with van der Waals surface area (Å²) >= 11 is 1.53. The highest BCUT2D eigenvalue weighted by molar-refractivity contribution is 7.88. The van der Waals surface area contributed by atoms with Crippen LogP contribution in [0.15, 0.2) is 54.6 Å². The predicted molar refractivity (Wildman–Crippen MR) is 90.2 cm³/mol. The van der Waals surface area contributed by atoms with Gasteiger partial charge in [-0.1, -0.05) is 42.5 Å². The molecule has 0 aliphatic carbocycles. The van der Waals surface area contributed by atoms with Crippen molar-refractivity contribution in [1.29, 1.82) is 0 Å². The molecule has 4 nitrogen and oxygen atoms in total. The number of benzene rings is 2. The highest BCUT2D eigenvalue weighted by Gasteiger charge is 2.20. The Labute approximate surface area is 134 Å². The van der Waals surface area contributed by atoms with Gasteiger partial charge in [0.1, 0.15) is 5.01 Å². The second-order valence-corrected chi connectivity index (χ2v) is 8.26. The van der Waals surface area contributed by atoms with Crippen LogP contribution in [0.4, 0.5) is 0 Å². The summed E-state index contributed by atoms with van der Waals surface area (Å²) in [5.41, 5.74) is 1.70. The number of thiazole rings is 1. The van der Waals surface area contributed by atoms with Gasteiger partial charge in [-0.2, -0.15) is 4.31 Å². The largest absolute Gasteiger partial charge is 0.240 e. The van der Waals surface area contributed by atoms with Crippen molar-refractivity contribution < 1.29 is 8.42 Å². The van der Waals surface area contributed by atoms with E-state index in [9.17, 15) is 8.42 Å². The van der Waals surface area contributed by atoms with E-state index < -0.39 is 10.0 Å².